The summed E-state index contributed by atoms with van der Waals surface area (Å²) < 4.78 is 110. The Bertz CT molecular complexity index is 4270. The third kappa shape index (κ3) is 17.9. The molecule has 7 aliphatic rings. The van der Waals surface area contributed by atoms with E-state index in [1.54, 1.807) is 17.0 Å². The number of rotatable bonds is 24. The molecule has 5 fully saturated rings. The maximum atomic E-state index is 14.4. The van der Waals surface area contributed by atoms with Crippen molar-refractivity contribution in [1.82, 2.24) is 44.3 Å². The van der Waals surface area contributed by atoms with Gasteiger partial charge in [0.2, 0.25) is 17.7 Å². The van der Waals surface area contributed by atoms with Crippen LogP contribution >= 0.6 is 23.4 Å². The maximum Gasteiger partial charge on any atom is 0.501 e. The van der Waals surface area contributed by atoms with Crippen LogP contribution in [-0.2, 0) is 43.8 Å². The Morgan fingerprint density at radius 1 is 0.738 bits per heavy atom. The highest BCUT2D eigenvalue weighted by Gasteiger charge is 2.49. The molecule has 5 aromatic carbocycles. The molecule has 3 N–H and O–H groups in total. The van der Waals surface area contributed by atoms with Gasteiger partial charge in [-0.3, -0.25) is 63.4 Å². The number of morpholine rings is 1. The fourth-order valence-corrected chi connectivity index (χ4v) is 17.6. The summed E-state index contributed by atoms with van der Waals surface area (Å²) in [5.41, 5.74) is -1.71. The molecule has 7 amide bonds. The van der Waals surface area contributed by atoms with Crippen LogP contribution in [0.25, 0.3) is 5.57 Å². The van der Waals surface area contributed by atoms with Gasteiger partial charge < -0.3 is 29.5 Å². The van der Waals surface area contributed by atoms with Crippen LogP contribution < -0.4 is 25.0 Å². The molecule has 31 heteroatoms. The van der Waals surface area contributed by atoms with Crippen LogP contribution in [0.15, 0.2) is 136 Å². The molecule has 5 saturated heterocycles. The Morgan fingerprint density at radius 2 is 1.41 bits per heavy atom. The molecule has 0 radical (unpaired) electrons. The number of alkyl halides is 3. The zero-order valence-electron chi connectivity index (χ0n) is 57.0. The predicted molar refractivity (Wildman–Crippen MR) is 381 cm³/mol. The minimum atomic E-state index is -6.11. The van der Waals surface area contributed by atoms with E-state index in [0.29, 0.717) is 108 Å². The van der Waals surface area contributed by atoms with E-state index in [1.165, 1.54) is 53.2 Å². The summed E-state index contributed by atoms with van der Waals surface area (Å²) in [5, 5.41) is 5.83. The number of nitrogens with one attached hydrogen (secondary N) is 3. The predicted octanol–water partition coefficient (Wildman–Crippen LogP) is 6.58. The Morgan fingerprint density at radius 3 is 2.09 bits per heavy atom. The van der Waals surface area contributed by atoms with Gasteiger partial charge in [-0.2, -0.15) is 13.2 Å². The molecule has 1 aliphatic carbocycles. The Kier molecular flexibility index (Phi) is 23.4. The third-order valence-corrected chi connectivity index (χ3v) is 24.5. The molecule has 3 atom stereocenters. The van der Waals surface area contributed by atoms with Gasteiger partial charge in [-0.1, -0.05) is 60.5 Å². The summed E-state index contributed by atoms with van der Waals surface area (Å²) >= 11 is 7.81. The second-order valence-corrected chi connectivity index (χ2v) is 32.5. The highest BCUT2D eigenvalue weighted by Crippen LogP contribution is 2.45. The normalized spacial score (nSPS) is 21.2. The summed E-state index contributed by atoms with van der Waals surface area (Å²) in [6, 6.07) is 28.8. The van der Waals surface area contributed by atoms with E-state index in [9.17, 15) is 63.6 Å². The minimum Gasteiger partial charge on any atom is -0.483 e. The number of carbonyl (C=O) groups excluding carboxylic acids is 7. The van der Waals surface area contributed by atoms with E-state index in [2.05, 4.69) is 49.3 Å². The van der Waals surface area contributed by atoms with Crippen molar-refractivity contribution < 1.29 is 73.0 Å². The zero-order chi connectivity index (χ0) is 72.8. The van der Waals surface area contributed by atoms with Crippen molar-refractivity contribution in [1.29, 1.82) is 0 Å². The van der Waals surface area contributed by atoms with Gasteiger partial charge in [-0.15, -0.1) is 11.8 Å². The number of hydrogen-bond acceptors (Lipinski definition) is 20. The molecular weight excluding hydrogens is 1420 g/mol. The molecule has 6 aliphatic heterocycles. The summed E-state index contributed by atoms with van der Waals surface area (Å²) in [6.07, 6.45) is 3.11. The molecule has 0 saturated carbocycles. The van der Waals surface area contributed by atoms with Gasteiger partial charge in [0.15, 0.2) is 6.61 Å². The number of ether oxygens (including phenoxy) is 2. The van der Waals surface area contributed by atoms with E-state index >= 15 is 0 Å². The standard InChI is InChI=1S/C72H83ClF3N11O13S3/c1-71(48-83-30-36-85(37-31-83)64(89)45-82-28-34-86(35-29-82)65(90)46-100-61-9-5-8-58-66(61)70(94)87(69(58)93)60-20-21-63(88)78-68(60)92)24-22-57(49-10-14-52(73)15-11-49)51(43-71)44-81-26-32-84(33-27-81)54-16-12-50(13-17-54)67(91)79-103(97,98)56-18-19-59(62(42-56)102(95,96)72(74,75)76)77-53(23-25-80-38-40-99-41-39-80)47-101-55-6-3-2-4-7-55/h2-19,42,53,60,77H,20-41,43-48H2,1H3,(H,79,91)(H,78,88,92)/t53-,60?,71?/m1/s1. The quantitative estimate of drug-likeness (QED) is 0.0435. The van der Waals surface area contributed by atoms with Gasteiger partial charge in [0.05, 0.1) is 41.5 Å². The topological polar surface area (TPSA) is 268 Å². The van der Waals surface area contributed by atoms with Crippen molar-refractivity contribution in [3.63, 3.8) is 0 Å². The van der Waals surface area contributed by atoms with Crippen LogP contribution in [0.5, 0.6) is 5.75 Å². The summed E-state index contributed by atoms with van der Waals surface area (Å²) in [4.78, 5) is 106. The van der Waals surface area contributed by atoms with Crippen LogP contribution in [0, 0.1) is 5.41 Å². The second-order valence-electron chi connectivity index (χ2n) is 27.4. The SMILES string of the molecule is CC1(CN2CCN(C(=O)CN3CCN(C(=O)COc4cccc5c4C(=O)N(C4CCC(=O)NC4=O)C5=O)CC3)CC2)CCC(c2ccc(Cl)cc2)=C(CN2CCN(c3ccc(C(=O)NS(=O)(=O)c4ccc(N[C@H](CCN5CCOCC5)CSc5ccccc5)c(S(=O)(=O)C(F)(F)F)c4)cc3)CC2)C1. The molecule has 6 heterocycles. The average Bonchev–Trinajstić information content (AvgIpc) is 1.73. The van der Waals surface area contributed by atoms with Gasteiger partial charge in [-0.05, 0) is 128 Å². The lowest BCUT2D eigenvalue weighted by atomic mass is 9.71. The maximum absolute atomic E-state index is 14.4. The Labute approximate surface area is 606 Å². The van der Waals surface area contributed by atoms with Crippen molar-refractivity contribution in [2.75, 3.05) is 154 Å². The van der Waals surface area contributed by atoms with Crippen LogP contribution in [-0.4, -0.2) is 253 Å². The number of piperazine rings is 3. The number of hydrogen-bond donors (Lipinski definition) is 3. The van der Waals surface area contributed by atoms with Crippen LogP contribution in [0.4, 0.5) is 24.5 Å². The smallest absolute Gasteiger partial charge is 0.483 e. The largest absolute Gasteiger partial charge is 0.501 e. The van der Waals surface area contributed by atoms with Crippen molar-refractivity contribution in [3.8, 4) is 5.75 Å². The van der Waals surface area contributed by atoms with Gasteiger partial charge in [0, 0.05) is 151 Å². The van der Waals surface area contributed by atoms with E-state index in [4.69, 9.17) is 21.1 Å². The molecule has 0 spiro atoms. The van der Waals surface area contributed by atoms with Gasteiger partial charge >= 0.3 is 5.51 Å². The molecule has 5 aromatic rings. The van der Waals surface area contributed by atoms with Crippen molar-refractivity contribution in [2.24, 2.45) is 5.41 Å². The fraction of sp³-hybridized carbons (Fsp3) is 0.458. The lowest BCUT2D eigenvalue weighted by Crippen LogP contribution is -2.55. The van der Waals surface area contributed by atoms with Gasteiger partial charge in [0.1, 0.15) is 16.7 Å². The van der Waals surface area contributed by atoms with Crippen molar-refractivity contribution in [3.05, 3.63) is 148 Å². The van der Waals surface area contributed by atoms with E-state index < -0.39 is 89.1 Å². The molecule has 103 heavy (non-hydrogen) atoms. The van der Waals surface area contributed by atoms with Gasteiger partial charge in [0.25, 0.3) is 43.5 Å². The lowest BCUT2D eigenvalue weighted by molar-refractivity contribution is -0.138. The number of anilines is 2. The second kappa shape index (κ2) is 32.2. The third-order valence-electron chi connectivity index (χ3n) is 20.3. The number of sulfone groups is 1. The summed E-state index contributed by atoms with van der Waals surface area (Å²) in [6.45, 7) is 13.7. The van der Waals surface area contributed by atoms with Crippen LogP contribution in [0.1, 0.15) is 82.1 Å². The van der Waals surface area contributed by atoms with E-state index in [1.807, 2.05) is 57.0 Å². The van der Waals surface area contributed by atoms with E-state index in [0.717, 1.165) is 91.7 Å². The number of imide groups is 2. The molecule has 2 unspecified atom stereocenters. The number of carbonyl (C=O) groups is 7. The van der Waals surface area contributed by atoms with Crippen molar-refractivity contribution >= 4 is 102 Å². The first kappa shape index (κ1) is 74.8. The number of sulfonamides is 1. The fourth-order valence-electron chi connectivity index (χ4n) is 14.5. The lowest BCUT2D eigenvalue weighted by Gasteiger charge is -2.44. The number of nitrogens with zero attached hydrogens (tertiary/aromatic N) is 8. The molecule has 0 aromatic heterocycles. The average molecular weight is 1500 g/mol. The highest BCUT2D eigenvalue weighted by atomic mass is 35.5. The van der Waals surface area contributed by atoms with Crippen molar-refractivity contribution in [2.45, 2.75) is 77.7 Å². The monoisotopic (exact) mass is 1500 g/mol. The first-order valence-electron chi connectivity index (χ1n) is 34.6. The number of amides is 7. The Balaban J connectivity index is 0.608. The first-order chi connectivity index (χ1) is 49.3. The summed E-state index contributed by atoms with van der Waals surface area (Å²) in [7, 11) is -11.0. The molecule has 0 bridgehead atoms. The molecule has 12 rings (SSSR count). The number of halogens is 4. The van der Waals surface area contributed by atoms with Gasteiger partial charge in [-0.25, -0.2) is 21.6 Å². The van der Waals surface area contributed by atoms with E-state index in [-0.39, 0.29) is 59.1 Å². The Hall–Kier alpha value is -7.94. The number of thioether (sulfide) groups is 1. The molecule has 24 nitrogen and oxygen atoms in total. The number of allylic oxidation sites excluding steroid dienone is 1. The number of benzene rings is 5. The van der Waals surface area contributed by atoms with Crippen LogP contribution in [0.2, 0.25) is 5.02 Å². The molecular formula is C72H83ClF3N11O13S3. The molecule has 550 valence electrons. The summed E-state index contributed by atoms with van der Waals surface area (Å²) in [5.74, 6) is -3.59. The zero-order valence-corrected chi connectivity index (χ0v) is 60.3. The van der Waals surface area contributed by atoms with Crippen LogP contribution in [0.3, 0.4) is 0 Å². The number of fused-ring (bicyclic) bond motifs is 1. The highest BCUT2D eigenvalue weighted by molar-refractivity contribution is 7.99. The number of piperidine rings is 1. The minimum absolute atomic E-state index is 0.00683. The first-order valence-corrected chi connectivity index (χ1v) is 38.9.